The third-order valence-electron chi connectivity index (χ3n) is 3.26. The molecule has 0 saturated carbocycles. The van der Waals surface area contributed by atoms with E-state index in [1.165, 1.54) is 16.8 Å². The fraction of sp³-hybridized carbons (Fsp3) is 0.429. The summed E-state index contributed by atoms with van der Waals surface area (Å²) in [6.07, 6.45) is 3.87. The lowest BCUT2D eigenvalue weighted by Gasteiger charge is -2.18. The van der Waals surface area contributed by atoms with Crippen molar-refractivity contribution in [1.82, 2.24) is 20.1 Å². The van der Waals surface area contributed by atoms with Gasteiger partial charge < -0.3 is 5.32 Å². The van der Waals surface area contributed by atoms with Crippen molar-refractivity contribution in [2.75, 3.05) is 6.54 Å². The van der Waals surface area contributed by atoms with Gasteiger partial charge in [-0.3, -0.25) is 9.67 Å². The Morgan fingerprint density at radius 2 is 2.06 bits per heavy atom. The second-order valence-corrected chi connectivity index (χ2v) is 4.53. The van der Waals surface area contributed by atoms with Gasteiger partial charge in [0.25, 0.3) is 0 Å². The minimum absolute atomic E-state index is 0.164. The van der Waals surface area contributed by atoms with Crippen LogP contribution >= 0.6 is 0 Å². The normalized spacial score (nSPS) is 12.7. The van der Waals surface area contributed by atoms with Gasteiger partial charge in [-0.1, -0.05) is 13.0 Å². The van der Waals surface area contributed by atoms with E-state index in [-0.39, 0.29) is 6.04 Å². The molecule has 0 aliphatic heterocycles. The molecule has 0 spiro atoms. The first-order valence-corrected chi connectivity index (χ1v) is 6.28. The topological polar surface area (TPSA) is 42.7 Å². The molecule has 0 saturated heterocycles. The van der Waals surface area contributed by atoms with E-state index in [9.17, 15) is 0 Å². The molecule has 2 aromatic heterocycles. The third-order valence-corrected chi connectivity index (χ3v) is 3.26. The predicted octanol–water partition coefficient (Wildman–Crippen LogP) is 2.13. The van der Waals surface area contributed by atoms with Crippen molar-refractivity contribution in [3.8, 4) is 0 Å². The molecule has 1 atom stereocenters. The van der Waals surface area contributed by atoms with E-state index in [1.807, 2.05) is 37.1 Å². The molecule has 0 bridgehead atoms. The van der Waals surface area contributed by atoms with Crippen molar-refractivity contribution < 1.29 is 0 Å². The first-order chi connectivity index (χ1) is 8.63. The molecule has 2 aromatic rings. The maximum Gasteiger partial charge on any atom is 0.0625 e. The van der Waals surface area contributed by atoms with Gasteiger partial charge in [0.2, 0.25) is 0 Å². The zero-order chi connectivity index (χ0) is 13.1. The van der Waals surface area contributed by atoms with Gasteiger partial charge in [0.05, 0.1) is 12.2 Å². The van der Waals surface area contributed by atoms with Crippen LogP contribution in [0.5, 0.6) is 0 Å². The zero-order valence-electron chi connectivity index (χ0n) is 11.4. The summed E-state index contributed by atoms with van der Waals surface area (Å²) in [5, 5.41) is 7.81. The number of nitrogens with zero attached hydrogens (tertiary/aromatic N) is 3. The predicted molar refractivity (Wildman–Crippen MR) is 72.4 cm³/mol. The molecule has 2 heterocycles. The molecule has 0 amide bonds. The van der Waals surface area contributed by atoms with Crippen LogP contribution in [0.15, 0.2) is 24.5 Å². The minimum atomic E-state index is 0.164. The summed E-state index contributed by atoms with van der Waals surface area (Å²) < 4.78 is 1.90. The van der Waals surface area contributed by atoms with E-state index in [0.717, 1.165) is 12.2 Å². The van der Waals surface area contributed by atoms with Gasteiger partial charge in [-0.25, -0.2) is 0 Å². The van der Waals surface area contributed by atoms with Gasteiger partial charge in [-0.2, -0.15) is 5.10 Å². The van der Waals surface area contributed by atoms with Gasteiger partial charge in [0, 0.05) is 30.2 Å². The second-order valence-electron chi connectivity index (χ2n) is 4.53. The summed E-state index contributed by atoms with van der Waals surface area (Å²) in [7, 11) is 1.97. The van der Waals surface area contributed by atoms with Crippen LogP contribution in [0.1, 0.15) is 35.5 Å². The molecule has 1 unspecified atom stereocenters. The first-order valence-electron chi connectivity index (χ1n) is 6.28. The maximum absolute atomic E-state index is 4.38. The van der Waals surface area contributed by atoms with Crippen LogP contribution in [0.4, 0.5) is 0 Å². The number of nitrogens with one attached hydrogen (secondary N) is 1. The monoisotopic (exact) mass is 244 g/mol. The van der Waals surface area contributed by atoms with Crippen molar-refractivity contribution in [2.45, 2.75) is 26.8 Å². The molecule has 4 heteroatoms. The molecule has 0 radical (unpaired) electrons. The zero-order valence-corrected chi connectivity index (χ0v) is 11.4. The average Bonchev–Trinajstić information content (AvgIpc) is 2.69. The molecule has 18 heavy (non-hydrogen) atoms. The Hall–Kier alpha value is -1.68. The Balaban J connectivity index is 2.39. The molecule has 2 rings (SSSR count). The summed E-state index contributed by atoms with van der Waals surface area (Å²) in [4.78, 5) is 4.38. The Morgan fingerprint density at radius 1 is 1.28 bits per heavy atom. The Labute approximate surface area is 108 Å². The minimum Gasteiger partial charge on any atom is -0.306 e. The number of aromatic nitrogens is 3. The van der Waals surface area contributed by atoms with Crippen LogP contribution in [-0.2, 0) is 7.05 Å². The van der Waals surface area contributed by atoms with Crippen LogP contribution in [0, 0.1) is 13.8 Å². The molecule has 96 valence electrons. The molecule has 0 fully saturated rings. The quantitative estimate of drug-likeness (QED) is 0.896. The van der Waals surface area contributed by atoms with Gasteiger partial charge in [-0.15, -0.1) is 0 Å². The summed E-state index contributed by atoms with van der Waals surface area (Å²) in [5.74, 6) is 0. The first kappa shape index (κ1) is 12.8. The number of aryl methyl sites for hydroxylation is 2. The van der Waals surface area contributed by atoms with Crippen molar-refractivity contribution in [3.05, 3.63) is 47.0 Å². The molecule has 0 aliphatic carbocycles. The third kappa shape index (κ3) is 2.43. The highest BCUT2D eigenvalue weighted by atomic mass is 15.3. The molecular weight excluding hydrogens is 224 g/mol. The van der Waals surface area contributed by atoms with Crippen LogP contribution < -0.4 is 5.32 Å². The van der Waals surface area contributed by atoms with Crippen LogP contribution in [0.2, 0.25) is 0 Å². The van der Waals surface area contributed by atoms with Gasteiger partial charge in [0.1, 0.15) is 0 Å². The van der Waals surface area contributed by atoms with Gasteiger partial charge >= 0.3 is 0 Å². The molecule has 1 N–H and O–H groups in total. The van der Waals surface area contributed by atoms with Crippen molar-refractivity contribution in [3.63, 3.8) is 0 Å². The maximum atomic E-state index is 4.38. The van der Waals surface area contributed by atoms with Crippen LogP contribution in [0.25, 0.3) is 0 Å². The van der Waals surface area contributed by atoms with Gasteiger partial charge in [-0.05, 0) is 32.0 Å². The molecule has 0 aromatic carbocycles. The van der Waals surface area contributed by atoms with E-state index < -0.39 is 0 Å². The Bertz CT molecular complexity index is 513. The second kappa shape index (κ2) is 5.31. The van der Waals surface area contributed by atoms with Crippen molar-refractivity contribution in [2.24, 2.45) is 7.05 Å². The highest BCUT2D eigenvalue weighted by Crippen LogP contribution is 2.23. The number of hydrogen-bond acceptors (Lipinski definition) is 3. The fourth-order valence-electron chi connectivity index (χ4n) is 2.06. The molecule has 4 nitrogen and oxygen atoms in total. The number of rotatable bonds is 4. The number of hydrogen-bond donors (Lipinski definition) is 1. The highest BCUT2D eigenvalue weighted by Gasteiger charge is 2.17. The summed E-state index contributed by atoms with van der Waals surface area (Å²) >= 11 is 0. The van der Waals surface area contributed by atoms with E-state index >= 15 is 0 Å². The lowest BCUT2D eigenvalue weighted by molar-refractivity contribution is 0.622. The highest BCUT2D eigenvalue weighted by molar-refractivity contribution is 5.32. The van der Waals surface area contributed by atoms with E-state index in [0.29, 0.717) is 0 Å². The smallest absolute Gasteiger partial charge is 0.0625 e. The van der Waals surface area contributed by atoms with Crippen molar-refractivity contribution in [1.29, 1.82) is 0 Å². The van der Waals surface area contributed by atoms with Crippen molar-refractivity contribution >= 4 is 0 Å². The SMILES string of the molecule is CCNC(c1ccc(C)nc1)c1cnn(C)c1C. The number of pyridine rings is 1. The summed E-state index contributed by atoms with van der Waals surface area (Å²) in [5.41, 5.74) is 4.61. The standard InChI is InChI=1S/C14H20N4/c1-5-15-14(12-7-6-10(2)16-8-12)13-9-17-18(4)11(13)3/h6-9,14-15H,5H2,1-4H3. The summed E-state index contributed by atoms with van der Waals surface area (Å²) in [6, 6.07) is 4.34. The summed E-state index contributed by atoms with van der Waals surface area (Å²) in [6.45, 7) is 7.11. The van der Waals surface area contributed by atoms with E-state index in [4.69, 9.17) is 0 Å². The van der Waals surface area contributed by atoms with Gasteiger partial charge in [0.15, 0.2) is 0 Å². The Morgan fingerprint density at radius 3 is 2.56 bits per heavy atom. The van der Waals surface area contributed by atoms with E-state index in [1.54, 1.807) is 0 Å². The van der Waals surface area contributed by atoms with Crippen LogP contribution in [0.3, 0.4) is 0 Å². The van der Waals surface area contributed by atoms with Crippen LogP contribution in [-0.4, -0.2) is 21.3 Å². The Kier molecular flexibility index (Phi) is 3.77. The lowest BCUT2D eigenvalue weighted by atomic mass is 10.0. The lowest BCUT2D eigenvalue weighted by Crippen LogP contribution is -2.22. The van der Waals surface area contributed by atoms with E-state index in [2.05, 4.69) is 35.3 Å². The molecular formula is C14H20N4. The average molecular weight is 244 g/mol. The fourth-order valence-corrected chi connectivity index (χ4v) is 2.06. The largest absolute Gasteiger partial charge is 0.306 e. The molecule has 0 aliphatic rings.